The maximum atomic E-state index is 5.63. The third-order valence-electron chi connectivity index (χ3n) is 4.52. The molecule has 0 aliphatic carbocycles. The third-order valence-corrected chi connectivity index (χ3v) is 4.52. The van der Waals surface area contributed by atoms with Crippen LogP contribution in [0.25, 0.3) is 0 Å². The van der Waals surface area contributed by atoms with E-state index in [9.17, 15) is 0 Å². The molecule has 0 aromatic heterocycles. The number of hydrogen-bond acceptors (Lipinski definition) is 4. The number of methoxy groups -OCH3 is 2. The van der Waals surface area contributed by atoms with Crippen molar-refractivity contribution in [2.75, 3.05) is 40.4 Å². The quantitative estimate of drug-likeness (QED) is 0.795. The molecule has 1 aliphatic heterocycles. The van der Waals surface area contributed by atoms with E-state index < -0.39 is 0 Å². The summed E-state index contributed by atoms with van der Waals surface area (Å²) in [5.74, 6) is 2.50. The van der Waals surface area contributed by atoms with Crippen LogP contribution in [0.4, 0.5) is 0 Å². The Morgan fingerprint density at radius 1 is 1.04 bits per heavy atom. The fourth-order valence-corrected chi connectivity index (χ4v) is 3.27. The molecule has 1 unspecified atom stereocenters. The Labute approximate surface area is 141 Å². The minimum Gasteiger partial charge on any atom is -0.497 e. The van der Waals surface area contributed by atoms with Gasteiger partial charge >= 0.3 is 0 Å². The molecular weight excluding hydrogens is 288 g/mol. The second-order valence-corrected chi connectivity index (χ2v) is 6.77. The zero-order valence-electron chi connectivity index (χ0n) is 15.1. The van der Waals surface area contributed by atoms with Crippen LogP contribution in [0, 0.1) is 5.92 Å². The van der Waals surface area contributed by atoms with E-state index in [0.717, 1.165) is 37.7 Å². The van der Waals surface area contributed by atoms with Crippen molar-refractivity contribution in [3.8, 4) is 11.5 Å². The number of rotatable bonds is 8. The second-order valence-electron chi connectivity index (χ2n) is 6.77. The van der Waals surface area contributed by atoms with Gasteiger partial charge in [0.15, 0.2) is 0 Å². The van der Waals surface area contributed by atoms with Gasteiger partial charge < -0.3 is 14.8 Å². The first-order valence-corrected chi connectivity index (χ1v) is 8.82. The molecule has 1 atom stereocenters. The Bertz CT molecular complexity index is 470. The Kier molecular flexibility index (Phi) is 7.18. The smallest absolute Gasteiger partial charge is 0.123 e. The highest BCUT2D eigenvalue weighted by Gasteiger charge is 2.25. The molecule has 4 heteroatoms. The van der Waals surface area contributed by atoms with Gasteiger partial charge in [0.05, 0.1) is 20.3 Å². The van der Waals surface area contributed by atoms with E-state index in [1.54, 1.807) is 14.2 Å². The third kappa shape index (κ3) is 5.11. The van der Waals surface area contributed by atoms with E-state index in [2.05, 4.69) is 30.1 Å². The molecule has 4 nitrogen and oxygen atoms in total. The van der Waals surface area contributed by atoms with E-state index >= 15 is 0 Å². The summed E-state index contributed by atoms with van der Waals surface area (Å²) in [5, 5.41) is 3.63. The van der Waals surface area contributed by atoms with Gasteiger partial charge in [0, 0.05) is 12.1 Å². The van der Waals surface area contributed by atoms with E-state index in [1.807, 2.05) is 12.1 Å². The number of ether oxygens (including phenoxy) is 2. The maximum absolute atomic E-state index is 5.63. The molecule has 1 heterocycles. The van der Waals surface area contributed by atoms with Crippen molar-refractivity contribution in [2.24, 2.45) is 5.92 Å². The van der Waals surface area contributed by atoms with Gasteiger partial charge in [-0.3, -0.25) is 4.90 Å². The molecular formula is C19H32N2O2. The summed E-state index contributed by atoms with van der Waals surface area (Å²) >= 11 is 0. The minimum absolute atomic E-state index is 0.332. The number of piperidine rings is 1. The highest BCUT2D eigenvalue weighted by molar-refractivity contribution is 5.42. The van der Waals surface area contributed by atoms with E-state index in [1.165, 1.54) is 24.8 Å². The van der Waals surface area contributed by atoms with Crippen LogP contribution < -0.4 is 14.8 Å². The average Bonchev–Trinajstić information content (AvgIpc) is 2.58. The van der Waals surface area contributed by atoms with E-state index in [0.29, 0.717) is 12.0 Å². The molecule has 0 radical (unpaired) electrons. The zero-order chi connectivity index (χ0) is 16.7. The molecule has 0 amide bonds. The first-order valence-electron chi connectivity index (χ1n) is 8.82. The van der Waals surface area contributed by atoms with Crippen LogP contribution >= 0.6 is 0 Å². The average molecular weight is 320 g/mol. The first kappa shape index (κ1) is 18.1. The normalized spacial score (nSPS) is 17.3. The molecule has 2 rings (SSSR count). The van der Waals surface area contributed by atoms with Crippen molar-refractivity contribution in [3.63, 3.8) is 0 Å². The van der Waals surface area contributed by atoms with Crippen LogP contribution in [0.1, 0.15) is 44.7 Å². The van der Waals surface area contributed by atoms with Crippen LogP contribution in [-0.4, -0.2) is 45.3 Å². The number of nitrogens with zero attached hydrogens (tertiary/aromatic N) is 1. The van der Waals surface area contributed by atoms with Gasteiger partial charge in [-0.05, 0) is 56.6 Å². The fourth-order valence-electron chi connectivity index (χ4n) is 3.27. The molecule has 1 aromatic carbocycles. The molecule has 0 saturated carbocycles. The predicted molar refractivity (Wildman–Crippen MR) is 95.4 cm³/mol. The summed E-state index contributed by atoms with van der Waals surface area (Å²) in [5.41, 5.74) is 1.23. The second kappa shape index (κ2) is 9.14. The van der Waals surface area contributed by atoms with Gasteiger partial charge in [0.25, 0.3) is 0 Å². The van der Waals surface area contributed by atoms with Crippen LogP contribution in [-0.2, 0) is 0 Å². The van der Waals surface area contributed by atoms with Gasteiger partial charge in [-0.1, -0.05) is 20.3 Å². The molecule has 130 valence electrons. The van der Waals surface area contributed by atoms with Gasteiger partial charge in [-0.25, -0.2) is 0 Å². The van der Waals surface area contributed by atoms with Crippen LogP contribution in [0.15, 0.2) is 18.2 Å². The summed E-state index contributed by atoms with van der Waals surface area (Å²) < 4.78 is 11.1. The zero-order valence-corrected chi connectivity index (χ0v) is 15.1. The topological polar surface area (TPSA) is 33.7 Å². The van der Waals surface area contributed by atoms with E-state index in [-0.39, 0.29) is 0 Å². The molecule has 1 aromatic rings. The lowest BCUT2D eigenvalue weighted by Gasteiger charge is -2.36. The molecule has 23 heavy (non-hydrogen) atoms. The summed E-state index contributed by atoms with van der Waals surface area (Å²) in [6, 6.07) is 6.46. The summed E-state index contributed by atoms with van der Waals surface area (Å²) in [7, 11) is 3.47. The predicted octanol–water partition coefficient (Wildman–Crippen LogP) is 3.48. The fraction of sp³-hybridized carbons (Fsp3) is 0.684. The highest BCUT2D eigenvalue weighted by atomic mass is 16.5. The van der Waals surface area contributed by atoms with Crippen molar-refractivity contribution in [1.82, 2.24) is 10.2 Å². The van der Waals surface area contributed by atoms with Crippen molar-refractivity contribution < 1.29 is 9.47 Å². The van der Waals surface area contributed by atoms with Gasteiger partial charge in [0.1, 0.15) is 11.5 Å². The number of benzene rings is 1. The molecule has 1 N–H and O–H groups in total. The van der Waals surface area contributed by atoms with Crippen LogP contribution in [0.5, 0.6) is 11.5 Å². The summed E-state index contributed by atoms with van der Waals surface area (Å²) in [4.78, 5) is 2.59. The molecule has 1 fully saturated rings. The Morgan fingerprint density at radius 2 is 1.78 bits per heavy atom. The molecule has 0 spiro atoms. The Hall–Kier alpha value is -1.26. The standard InChI is InChI=1S/C19H32N2O2/c1-15(2)13-20-14-18(21-10-6-5-7-11-21)17-12-16(22-3)8-9-19(17)23-4/h8-9,12,15,18,20H,5-7,10-11,13-14H2,1-4H3. The maximum Gasteiger partial charge on any atom is 0.123 e. The SMILES string of the molecule is COc1ccc(OC)c(C(CNCC(C)C)N2CCCCC2)c1. The molecule has 1 saturated heterocycles. The lowest BCUT2D eigenvalue weighted by atomic mass is 10.00. The van der Waals surface area contributed by atoms with Crippen molar-refractivity contribution in [2.45, 2.75) is 39.2 Å². The Balaban J connectivity index is 2.23. The monoisotopic (exact) mass is 320 g/mol. The van der Waals surface area contributed by atoms with Gasteiger partial charge in [0.2, 0.25) is 0 Å². The minimum atomic E-state index is 0.332. The number of hydrogen-bond donors (Lipinski definition) is 1. The van der Waals surface area contributed by atoms with Crippen molar-refractivity contribution >= 4 is 0 Å². The summed E-state index contributed by atoms with van der Waals surface area (Å²) in [6.07, 6.45) is 3.91. The highest BCUT2D eigenvalue weighted by Crippen LogP contribution is 2.33. The largest absolute Gasteiger partial charge is 0.497 e. The Morgan fingerprint density at radius 3 is 2.39 bits per heavy atom. The number of nitrogens with one attached hydrogen (secondary N) is 1. The van der Waals surface area contributed by atoms with E-state index in [4.69, 9.17) is 9.47 Å². The molecule has 0 bridgehead atoms. The molecule has 1 aliphatic rings. The number of likely N-dealkylation sites (tertiary alicyclic amines) is 1. The lowest BCUT2D eigenvalue weighted by molar-refractivity contribution is 0.157. The van der Waals surface area contributed by atoms with Crippen LogP contribution in [0.3, 0.4) is 0 Å². The van der Waals surface area contributed by atoms with Gasteiger partial charge in [-0.2, -0.15) is 0 Å². The van der Waals surface area contributed by atoms with Crippen molar-refractivity contribution in [1.29, 1.82) is 0 Å². The van der Waals surface area contributed by atoms with Crippen LogP contribution in [0.2, 0.25) is 0 Å². The first-order chi connectivity index (χ1) is 11.2. The summed E-state index contributed by atoms with van der Waals surface area (Å²) in [6.45, 7) is 8.80. The lowest BCUT2D eigenvalue weighted by Crippen LogP contribution is -2.40. The van der Waals surface area contributed by atoms with Gasteiger partial charge in [-0.15, -0.1) is 0 Å². The van der Waals surface area contributed by atoms with Crippen molar-refractivity contribution in [3.05, 3.63) is 23.8 Å².